The van der Waals surface area contributed by atoms with Crippen molar-refractivity contribution in [2.24, 2.45) is 0 Å². The second-order valence-corrected chi connectivity index (χ2v) is 4.87. The molecule has 2 amide bonds. The Morgan fingerprint density at radius 2 is 1.95 bits per heavy atom. The molecule has 0 saturated carbocycles. The molecular formula is C14H12N2O3S. The molecule has 2 heterocycles. The van der Waals surface area contributed by atoms with Crippen molar-refractivity contribution in [3.05, 3.63) is 46.3 Å². The SMILES string of the molecule is [3H]C([3H])(c1cc(OCC)ns1)N1C(=O)c2ccccc2C1=O. The molecule has 5 nitrogen and oxygen atoms in total. The van der Waals surface area contributed by atoms with Crippen LogP contribution in [0.1, 0.15) is 35.3 Å². The molecule has 1 aromatic heterocycles. The lowest BCUT2D eigenvalue weighted by Gasteiger charge is -2.11. The van der Waals surface area contributed by atoms with Crippen LogP contribution in [0.3, 0.4) is 0 Å². The van der Waals surface area contributed by atoms with Crippen LogP contribution in [0.25, 0.3) is 0 Å². The molecular weight excluding hydrogens is 276 g/mol. The number of amides is 2. The highest BCUT2D eigenvalue weighted by Gasteiger charge is 2.35. The lowest BCUT2D eigenvalue weighted by molar-refractivity contribution is 0.0644. The lowest BCUT2D eigenvalue weighted by atomic mass is 10.1. The van der Waals surface area contributed by atoms with Crippen LogP contribution in [-0.4, -0.2) is 27.7 Å². The first-order chi connectivity index (χ1) is 10.5. The Balaban J connectivity index is 1.99. The van der Waals surface area contributed by atoms with E-state index in [1.54, 1.807) is 19.1 Å². The molecule has 0 fully saturated rings. The Morgan fingerprint density at radius 1 is 1.30 bits per heavy atom. The first-order valence-corrected chi connectivity index (χ1v) is 6.82. The average molecular weight is 292 g/mol. The Hall–Kier alpha value is -2.21. The van der Waals surface area contributed by atoms with Crippen LogP contribution in [0.2, 0.25) is 0 Å². The minimum atomic E-state index is -2.28. The van der Waals surface area contributed by atoms with Gasteiger partial charge in [-0.2, -0.15) is 4.37 Å². The predicted molar refractivity (Wildman–Crippen MR) is 73.9 cm³/mol. The number of hydrogen-bond acceptors (Lipinski definition) is 5. The quantitative estimate of drug-likeness (QED) is 0.812. The van der Waals surface area contributed by atoms with Gasteiger partial charge in [-0.3, -0.25) is 14.5 Å². The first-order valence-electron chi connectivity index (χ1n) is 7.04. The van der Waals surface area contributed by atoms with Gasteiger partial charge in [-0.1, -0.05) is 12.1 Å². The third-order valence-electron chi connectivity index (χ3n) is 2.80. The van der Waals surface area contributed by atoms with Gasteiger partial charge in [-0.15, -0.1) is 0 Å². The van der Waals surface area contributed by atoms with E-state index >= 15 is 0 Å². The van der Waals surface area contributed by atoms with Gasteiger partial charge in [0.15, 0.2) is 0 Å². The van der Waals surface area contributed by atoms with Crippen molar-refractivity contribution in [3.63, 3.8) is 0 Å². The third kappa shape index (κ3) is 2.08. The normalized spacial score (nSPS) is 15.9. The summed E-state index contributed by atoms with van der Waals surface area (Å²) in [5.74, 6) is -1.00. The zero-order chi connectivity index (χ0) is 15.9. The van der Waals surface area contributed by atoms with Crippen molar-refractivity contribution in [2.75, 3.05) is 6.61 Å². The zero-order valence-electron chi connectivity index (χ0n) is 12.6. The van der Waals surface area contributed by atoms with Gasteiger partial charge in [0.05, 0.1) is 27.0 Å². The summed E-state index contributed by atoms with van der Waals surface area (Å²) in [5.41, 5.74) is 0.428. The maximum atomic E-state index is 12.4. The molecule has 1 aromatic carbocycles. The number of aromatic nitrogens is 1. The van der Waals surface area contributed by atoms with Crippen molar-refractivity contribution < 1.29 is 17.1 Å². The average Bonchev–Trinajstić information content (AvgIpc) is 3.05. The Bertz CT molecular complexity index is 725. The molecule has 102 valence electrons. The summed E-state index contributed by atoms with van der Waals surface area (Å²) >= 11 is 0.870. The van der Waals surface area contributed by atoms with Gasteiger partial charge in [-0.05, 0) is 30.6 Å². The monoisotopic (exact) mass is 292 g/mol. The molecule has 0 aliphatic carbocycles. The van der Waals surface area contributed by atoms with Crippen molar-refractivity contribution >= 4 is 23.3 Å². The van der Waals surface area contributed by atoms with Crippen LogP contribution in [0, 0.1) is 0 Å². The summed E-state index contributed by atoms with van der Waals surface area (Å²) in [6.07, 6.45) is 0. The van der Waals surface area contributed by atoms with E-state index in [2.05, 4.69) is 4.37 Å². The van der Waals surface area contributed by atoms with Crippen molar-refractivity contribution in [3.8, 4) is 5.88 Å². The van der Waals surface area contributed by atoms with E-state index in [4.69, 9.17) is 7.48 Å². The predicted octanol–water partition coefficient (Wildman–Crippen LogP) is 2.34. The van der Waals surface area contributed by atoms with Crippen molar-refractivity contribution in [1.82, 2.24) is 9.27 Å². The van der Waals surface area contributed by atoms with Gasteiger partial charge in [-0.25, -0.2) is 0 Å². The van der Waals surface area contributed by atoms with E-state index in [0.29, 0.717) is 11.5 Å². The number of carbonyl (C=O) groups is 2. The Morgan fingerprint density at radius 3 is 2.55 bits per heavy atom. The summed E-state index contributed by atoms with van der Waals surface area (Å²) in [4.78, 5) is 25.5. The van der Waals surface area contributed by atoms with Gasteiger partial charge in [0.1, 0.15) is 0 Å². The van der Waals surface area contributed by atoms with Crippen LogP contribution < -0.4 is 4.74 Å². The molecule has 0 unspecified atom stereocenters. The molecule has 1 aliphatic rings. The summed E-state index contributed by atoms with van der Waals surface area (Å²) < 4.78 is 25.6. The van der Waals surface area contributed by atoms with Crippen LogP contribution >= 0.6 is 11.5 Å². The standard InChI is InChI=1S/C14H12N2O3S/c1-2-19-12-7-9(20-15-12)8-16-13(17)10-5-3-4-6-11(10)14(16)18/h3-7H,2,8H2,1H3/i8T2. The zero-order valence-corrected chi connectivity index (χ0v) is 11.4. The molecule has 0 spiro atoms. The fourth-order valence-corrected chi connectivity index (χ4v) is 2.51. The number of fused-ring (bicyclic) bond motifs is 1. The second-order valence-electron chi connectivity index (χ2n) is 4.07. The molecule has 3 rings (SSSR count). The summed E-state index contributed by atoms with van der Waals surface area (Å²) in [6.45, 7) is -0.0861. The molecule has 0 bridgehead atoms. The molecule has 20 heavy (non-hydrogen) atoms. The largest absolute Gasteiger partial charge is 0.477 e. The summed E-state index contributed by atoms with van der Waals surface area (Å²) in [6, 6.07) is 7.73. The molecule has 0 N–H and O–H groups in total. The van der Waals surface area contributed by atoms with Gasteiger partial charge in [0.25, 0.3) is 11.8 Å². The van der Waals surface area contributed by atoms with Crippen LogP contribution in [0.4, 0.5) is 0 Å². The summed E-state index contributed by atoms with van der Waals surface area (Å²) in [7, 11) is 0. The second kappa shape index (κ2) is 5.05. The number of benzene rings is 1. The fraction of sp³-hybridized carbons (Fsp3) is 0.214. The minimum Gasteiger partial charge on any atom is -0.477 e. The van der Waals surface area contributed by atoms with E-state index < -0.39 is 18.3 Å². The number of imide groups is 1. The number of carbonyl (C=O) groups excluding carboxylic acids is 2. The van der Waals surface area contributed by atoms with Gasteiger partial charge >= 0.3 is 0 Å². The summed E-state index contributed by atoms with van der Waals surface area (Å²) in [5, 5.41) is 0. The topological polar surface area (TPSA) is 59.5 Å². The Kier molecular flexibility index (Phi) is 2.67. The van der Waals surface area contributed by atoms with Crippen LogP contribution in [0.15, 0.2) is 30.3 Å². The minimum absolute atomic E-state index is 0.144. The lowest BCUT2D eigenvalue weighted by Crippen LogP contribution is -2.28. The molecule has 2 aromatic rings. The van der Waals surface area contributed by atoms with Gasteiger partial charge in [0, 0.05) is 10.9 Å². The highest BCUT2D eigenvalue weighted by Crippen LogP contribution is 2.26. The number of rotatable bonds is 4. The molecule has 6 heteroatoms. The van der Waals surface area contributed by atoms with E-state index in [1.807, 2.05) is 0 Å². The first kappa shape index (κ1) is 10.6. The maximum absolute atomic E-state index is 12.4. The fourth-order valence-electron chi connectivity index (χ4n) is 1.93. The molecule has 0 atom stereocenters. The molecule has 0 saturated heterocycles. The van der Waals surface area contributed by atoms with Crippen molar-refractivity contribution in [2.45, 2.75) is 13.4 Å². The molecule has 1 aliphatic heterocycles. The maximum Gasteiger partial charge on any atom is 0.261 e. The highest BCUT2D eigenvalue weighted by atomic mass is 32.1. The smallest absolute Gasteiger partial charge is 0.261 e. The van der Waals surface area contributed by atoms with E-state index in [-0.39, 0.29) is 21.9 Å². The number of ether oxygens (including phenoxy) is 1. The Labute approximate surface area is 122 Å². The van der Waals surface area contributed by atoms with Crippen LogP contribution in [0.5, 0.6) is 5.88 Å². The van der Waals surface area contributed by atoms with Gasteiger partial charge < -0.3 is 4.74 Å². The highest BCUT2D eigenvalue weighted by molar-refractivity contribution is 7.05. The van der Waals surface area contributed by atoms with E-state index in [9.17, 15) is 9.59 Å². The van der Waals surface area contributed by atoms with Gasteiger partial charge in [0.2, 0.25) is 5.88 Å². The van der Waals surface area contributed by atoms with Crippen LogP contribution in [-0.2, 0) is 6.50 Å². The number of hydrogen-bond donors (Lipinski definition) is 0. The molecule has 0 radical (unpaired) electrons. The van der Waals surface area contributed by atoms with E-state index in [0.717, 1.165) is 11.5 Å². The van der Waals surface area contributed by atoms with E-state index in [1.165, 1.54) is 18.2 Å². The number of nitrogens with zero attached hydrogens (tertiary/aromatic N) is 2. The van der Waals surface area contributed by atoms with Crippen molar-refractivity contribution in [1.29, 1.82) is 0 Å². The third-order valence-corrected chi connectivity index (χ3v) is 3.47.